The number of likely N-dealkylation sites (tertiary alicyclic amines) is 1. The molecule has 3 rings (SSSR count). The maximum atomic E-state index is 9.35. The second-order valence-corrected chi connectivity index (χ2v) is 6.68. The lowest BCUT2D eigenvalue weighted by atomic mass is 9.88. The summed E-state index contributed by atoms with van der Waals surface area (Å²) in [6.07, 6.45) is 6.13. The molecule has 1 aliphatic carbocycles. The summed E-state index contributed by atoms with van der Waals surface area (Å²) in [5.41, 5.74) is 1.41. The lowest BCUT2D eigenvalue weighted by Crippen LogP contribution is -2.46. The minimum absolute atomic E-state index is 0.305. The number of piperidine rings is 1. The number of hydrogen-bond donors (Lipinski definition) is 2. The third kappa shape index (κ3) is 4.53. The van der Waals surface area contributed by atoms with Crippen molar-refractivity contribution in [2.45, 2.75) is 50.7 Å². The average Bonchev–Trinajstić information content (AvgIpc) is 3.32. The van der Waals surface area contributed by atoms with Crippen molar-refractivity contribution in [1.82, 2.24) is 10.2 Å². The largest absolute Gasteiger partial charge is 0.396 e. The quantitative estimate of drug-likeness (QED) is 0.809. The molecule has 21 heavy (non-hydrogen) atoms. The highest BCUT2D eigenvalue weighted by molar-refractivity contribution is 5.14. The molecule has 1 aromatic carbocycles. The summed E-state index contributed by atoms with van der Waals surface area (Å²) < 4.78 is 0. The fourth-order valence-corrected chi connectivity index (χ4v) is 3.55. The Hall–Kier alpha value is -0.900. The van der Waals surface area contributed by atoms with E-state index in [4.69, 9.17) is 0 Å². The Labute approximate surface area is 128 Å². The van der Waals surface area contributed by atoms with E-state index in [-0.39, 0.29) is 0 Å². The highest BCUT2D eigenvalue weighted by Crippen LogP contribution is 2.27. The summed E-state index contributed by atoms with van der Waals surface area (Å²) in [6, 6.07) is 12.0. The molecule has 0 radical (unpaired) electrons. The zero-order chi connectivity index (χ0) is 14.5. The van der Waals surface area contributed by atoms with Crippen LogP contribution in [0.1, 0.15) is 37.7 Å². The van der Waals surface area contributed by atoms with Crippen molar-refractivity contribution < 1.29 is 5.11 Å². The van der Waals surface area contributed by atoms with Gasteiger partial charge in [-0.3, -0.25) is 4.90 Å². The van der Waals surface area contributed by atoms with Gasteiger partial charge in [-0.15, -0.1) is 0 Å². The Kier molecular flexibility index (Phi) is 5.28. The van der Waals surface area contributed by atoms with E-state index in [1.165, 1.54) is 44.3 Å². The highest BCUT2D eigenvalue weighted by atomic mass is 16.3. The summed E-state index contributed by atoms with van der Waals surface area (Å²) in [7, 11) is 0. The van der Waals surface area contributed by atoms with Crippen molar-refractivity contribution in [2.75, 3.05) is 19.7 Å². The number of aliphatic hydroxyl groups excluding tert-OH is 1. The number of aliphatic hydroxyl groups is 1. The molecule has 0 amide bonds. The van der Waals surface area contributed by atoms with Gasteiger partial charge < -0.3 is 10.4 Å². The number of nitrogens with one attached hydrogen (secondary N) is 1. The summed E-state index contributed by atoms with van der Waals surface area (Å²) in [5.74, 6) is 0.690. The fourth-order valence-electron chi connectivity index (χ4n) is 3.55. The van der Waals surface area contributed by atoms with Crippen LogP contribution in [0.25, 0.3) is 0 Å². The van der Waals surface area contributed by atoms with Crippen molar-refractivity contribution in [3.8, 4) is 0 Å². The van der Waals surface area contributed by atoms with Crippen molar-refractivity contribution in [3.05, 3.63) is 35.9 Å². The molecule has 1 saturated carbocycles. The Morgan fingerprint density at radius 3 is 2.71 bits per heavy atom. The van der Waals surface area contributed by atoms with Crippen LogP contribution in [0.4, 0.5) is 0 Å². The van der Waals surface area contributed by atoms with Crippen LogP contribution in [0, 0.1) is 5.92 Å². The van der Waals surface area contributed by atoms with Crippen LogP contribution in [0.2, 0.25) is 0 Å². The second-order valence-electron chi connectivity index (χ2n) is 6.68. The molecular weight excluding hydrogens is 260 g/mol. The SMILES string of the molecule is OCC[C@H](NC1CC1)[C@@H]1CCCN(Cc2ccccc2)C1. The predicted molar refractivity (Wildman–Crippen MR) is 86.1 cm³/mol. The molecule has 1 aromatic rings. The molecule has 2 N–H and O–H groups in total. The normalized spacial score (nSPS) is 24.9. The van der Waals surface area contributed by atoms with E-state index >= 15 is 0 Å². The van der Waals surface area contributed by atoms with E-state index in [9.17, 15) is 5.11 Å². The van der Waals surface area contributed by atoms with Gasteiger partial charge in [0, 0.05) is 31.8 Å². The molecule has 116 valence electrons. The molecule has 1 heterocycles. The topological polar surface area (TPSA) is 35.5 Å². The number of rotatable bonds is 7. The zero-order valence-corrected chi connectivity index (χ0v) is 12.9. The summed E-state index contributed by atoms with van der Waals surface area (Å²) >= 11 is 0. The van der Waals surface area contributed by atoms with Gasteiger partial charge in [-0.1, -0.05) is 30.3 Å². The third-order valence-corrected chi connectivity index (χ3v) is 4.83. The zero-order valence-electron chi connectivity index (χ0n) is 12.9. The van der Waals surface area contributed by atoms with Gasteiger partial charge >= 0.3 is 0 Å². The minimum atomic E-state index is 0.305. The molecule has 0 bridgehead atoms. The molecule has 2 fully saturated rings. The Bertz CT molecular complexity index is 418. The van der Waals surface area contributed by atoms with Gasteiger partial charge in [0.25, 0.3) is 0 Å². The van der Waals surface area contributed by atoms with E-state index in [1.54, 1.807) is 0 Å². The van der Waals surface area contributed by atoms with Crippen molar-refractivity contribution >= 4 is 0 Å². The minimum Gasteiger partial charge on any atom is -0.396 e. The average molecular weight is 288 g/mol. The maximum absolute atomic E-state index is 9.35. The lowest BCUT2D eigenvalue weighted by Gasteiger charge is -2.37. The molecule has 3 heteroatoms. The van der Waals surface area contributed by atoms with E-state index in [2.05, 4.69) is 40.5 Å². The van der Waals surface area contributed by atoms with Gasteiger partial charge in [0.1, 0.15) is 0 Å². The van der Waals surface area contributed by atoms with Gasteiger partial charge in [0.15, 0.2) is 0 Å². The molecule has 2 aliphatic rings. The summed E-state index contributed by atoms with van der Waals surface area (Å²) in [4.78, 5) is 2.59. The molecule has 0 aromatic heterocycles. The predicted octanol–water partition coefficient (Wildman–Crippen LogP) is 2.40. The first-order valence-electron chi connectivity index (χ1n) is 8.48. The Balaban J connectivity index is 1.55. The van der Waals surface area contributed by atoms with Crippen LogP contribution >= 0.6 is 0 Å². The molecule has 1 saturated heterocycles. The van der Waals surface area contributed by atoms with Crippen LogP contribution in [0.3, 0.4) is 0 Å². The molecule has 0 unspecified atom stereocenters. The van der Waals surface area contributed by atoms with Crippen LogP contribution < -0.4 is 5.32 Å². The van der Waals surface area contributed by atoms with E-state index in [1.807, 2.05) is 0 Å². The number of benzene rings is 1. The molecule has 3 nitrogen and oxygen atoms in total. The molecular formula is C18H28N2O. The third-order valence-electron chi connectivity index (χ3n) is 4.83. The smallest absolute Gasteiger partial charge is 0.0445 e. The van der Waals surface area contributed by atoms with Gasteiger partial charge in [-0.25, -0.2) is 0 Å². The van der Waals surface area contributed by atoms with Crippen LogP contribution in [-0.4, -0.2) is 41.8 Å². The van der Waals surface area contributed by atoms with Crippen LogP contribution in [0.5, 0.6) is 0 Å². The van der Waals surface area contributed by atoms with Gasteiger partial charge in [-0.2, -0.15) is 0 Å². The van der Waals surface area contributed by atoms with E-state index < -0.39 is 0 Å². The summed E-state index contributed by atoms with van der Waals surface area (Å²) in [6.45, 7) is 3.74. The highest BCUT2D eigenvalue weighted by Gasteiger charge is 2.31. The molecule has 2 atom stereocenters. The Morgan fingerprint density at radius 1 is 1.19 bits per heavy atom. The second kappa shape index (κ2) is 7.39. The Morgan fingerprint density at radius 2 is 2.00 bits per heavy atom. The first kappa shape index (κ1) is 15.0. The molecule has 1 aliphatic heterocycles. The number of nitrogens with zero attached hydrogens (tertiary/aromatic N) is 1. The first-order valence-corrected chi connectivity index (χ1v) is 8.48. The standard InChI is InChI=1S/C18H28N2O/c21-12-10-18(19-17-8-9-17)16-7-4-11-20(14-16)13-15-5-2-1-3-6-15/h1-3,5-6,16-19,21H,4,7-14H2/t16-,18+/m1/s1. The van der Waals surface area contributed by atoms with Crippen molar-refractivity contribution in [2.24, 2.45) is 5.92 Å². The van der Waals surface area contributed by atoms with Crippen LogP contribution in [0.15, 0.2) is 30.3 Å². The van der Waals surface area contributed by atoms with Crippen molar-refractivity contribution in [1.29, 1.82) is 0 Å². The summed E-state index contributed by atoms with van der Waals surface area (Å²) in [5, 5.41) is 13.1. The van der Waals surface area contributed by atoms with Crippen molar-refractivity contribution in [3.63, 3.8) is 0 Å². The van der Waals surface area contributed by atoms with Gasteiger partial charge in [-0.05, 0) is 50.1 Å². The maximum Gasteiger partial charge on any atom is 0.0445 e. The fraction of sp³-hybridized carbons (Fsp3) is 0.667. The monoisotopic (exact) mass is 288 g/mol. The van der Waals surface area contributed by atoms with E-state index in [0.29, 0.717) is 18.6 Å². The first-order chi connectivity index (χ1) is 10.3. The van der Waals surface area contributed by atoms with Crippen LogP contribution in [-0.2, 0) is 6.54 Å². The van der Waals surface area contributed by atoms with Gasteiger partial charge in [0.2, 0.25) is 0 Å². The number of hydrogen-bond acceptors (Lipinski definition) is 3. The van der Waals surface area contributed by atoms with Gasteiger partial charge in [0.05, 0.1) is 0 Å². The van der Waals surface area contributed by atoms with E-state index in [0.717, 1.165) is 19.0 Å². The molecule has 0 spiro atoms. The lowest BCUT2D eigenvalue weighted by molar-refractivity contribution is 0.126.